The second-order valence-corrected chi connectivity index (χ2v) is 10.6. The van der Waals surface area contributed by atoms with Gasteiger partial charge in [0.2, 0.25) is 0 Å². The van der Waals surface area contributed by atoms with Crippen molar-refractivity contribution in [3.63, 3.8) is 0 Å². The van der Waals surface area contributed by atoms with E-state index in [1.807, 2.05) is 13.8 Å². The highest BCUT2D eigenvalue weighted by molar-refractivity contribution is 7.86. The molecule has 1 aromatic carbocycles. The molecule has 0 amide bonds. The van der Waals surface area contributed by atoms with E-state index in [0.717, 1.165) is 15.4 Å². The van der Waals surface area contributed by atoms with Gasteiger partial charge in [0.25, 0.3) is 10.2 Å². The fourth-order valence-electron chi connectivity index (χ4n) is 3.50. The summed E-state index contributed by atoms with van der Waals surface area (Å²) < 4.78 is 40.4. The Morgan fingerprint density at radius 2 is 1.97 bits per heavy atom. The molecule has 12 heteroatoms. The highest BCUT2D eigenvalue weighted by Crippen LogP contribution is 2.38. The van der Waals surface area contributed by atoms with Crippen molar-refractivity contribution in [2.45, 2.75) is 40.2 Å². The number of nitrogens with two attached hydrogens (primary N) is 1. The quantitative estimate of drug-likeness (QED) is 0.240. The third-order valence-corrected chi connectivity index (χ3v) is 6.89. The van der Waals surface area contributed by atoms with Crippen LogP contribution in [-0.4, -0.2) is 52.8 Å². The molecule has 5 N–H and O–H groups in total. The van der Waals surface area contributed by atoms with Crippen LogP contribution in [0.4, 0.5) is 0 Å². The molecular weight excluding hydrogens is 435 g/mol. The van der Waals surface area contributed by atoms with Gasteiger partial charge in [-0.3, -0.25) is 4.57 Å². The number of phenolic OH excluding ortho intramolecular Hbond substituents is 1. The lowest BCUT2D eigenvalue weighted by molar-refractivity contribution is 0.0533. The second-order valence-electron chi connectivity index (χ2n) is 7.24. The average molecular weight is 462 g/mol. The normalized spacial score (nSPS) is 14.9. The number of carbonyl (C=O) groups is 1. The van der Waals surface area contributed by atoms with Crippen LogP contribution in [0, 0.1) is 6.92 Å². The molecule has 1 aliphatic heterocycles. The number of ether oxygens (including phenoxy) is 1. The maximum Gasteiger partial charge on any atom is 0.342 e. The maximum atomic E-state index is 12.0. The molecule has 10 nitrogen and oxygen atoms in total. The zero-order valence-electron chi connectivity index (χ0n) is 17.1. The van der Waals surface area contributed by atoms with E-state index < -0.39 is 36.5 Å². The minimum atomic E-state index is -4.39. The van der Waals surface area contributed by atoms with Crippen LogP contribution < -0.4 is 5.14 Å². The summed E-state index contributed by atoms with van der Waals surface area (Å²) in [6.07, 6.45) is 1.90. The Hall–Kier alpha value is -1.75. The van der Waals surface area contributed by atoms with Gasteiger partial charge in [-0.05, 0) is 37.8 Å². The number of phenols is 1. The molecule has 0 fully saturated rings. The predicted molar refractivity (Wildman–Crippen MR) is 110 cm³/mol. The average Bonchev–Trinajstić information content (AvgIpc) is 3.00. The van der Waals surface area contributed by atoms with Crippen LogP contribution >= 0.6 is 7.60 Å². The van der Waals surface area contributed by atoms with E-state index in [1.54, 1.807) is 13.0 Å². The minimum absolute atomic E-state index is 0.124. The molecule has 0 radical (unpaired) electrons. The number of allylic oxidation sites excluding steroid dienone is 1. The van der Waals surface area contributed by atoms with Crippen molar-refractivity contribution in [2.75, 3.05) is 19.3 Å². The van der Waals surface area contributed by atoms with E-state index in [9.17, 15) is 22.9 Å². The summed E-state index contributed by atoms with van der Waals surface area (Å²) in [7, 11) is -8.56. The molecule has 1 aromatic rings. The molecule has 0 unspecified atom stereocenters. The number of hydrogen-bond donors (Lipinski definition) is 4. The topological polar surface area (TPSA) is 167 Å². The van der Waals surface area contributed by atoms with Gasteiger partial charge in [-0.15, -0.1) is 0 Å². The van der Waals surface area contributed by atoms with Crippen LogP contribution in [0.15, 0.2) is 11.6 Å². The fourth-order valence-corrected chi connectivity index (χ4v) is 4.87. The zero-order chi connectivity index (χ0) is 22.9. The summed E-state index contributed by atoms with van der Waals surface area (Å²) in [5, 5.41) is 15.8. The van der Waals surface area contributed by atoms with Crippen molar-refractivity contribution in [3.05, 3.63) is 39.5 Å². The minimum Gasteiger partial charge on any atom is -0.507 e. The van der Waals surface area contributed by atoms with Gasteiger partial charge in [0.1, 0.15) is 17.9 Å². The summed E-state index contributed by atoms with van der Waals surface area (Å²) in [4.78, 5) is 30.0. The van der Waals surface area contributed by atoms with Crippen LogP contribution in [0.2, 0.25) is 0 Å². The molecule has 168 valence electrons. The zero-order valence-corrected chi connectivity index (χ0v) is 18.8. The van der Waals surface area contributed by atoms with Gasteiger partial charge in [-0.1, -0.05) is 18.6 Å². The third kappa shape index (κ3) is 5.69. The van der Waals surface area contributed by atoms with Gasteiger partial charge in [-0.2, -0.15) is 12.7 Å². The molecule has 1 heterocycles. The number of hydrogen-bond acceptors (Lipinski definition) is 6. The number of rotatable bonds is 9. The highest BCUT2D eigenvalue weighted by Gasteiger charge is 2.31. The van der Waals surface area contributed by atoms with Crippen molar-refractivity contribution in [1.82, 2.24) is 4.31 Å². The number of fused-ring (bicyclic) bond motifs is 1. The smallest absolute Gasteiger partial charge is 0.342 e. The largest absolute Gasteiger partial charge is 0.507 e. The first-order valence-corrected chi connectivity index (χ1v) is 12.6. The lowest BCUT2D eigenvalue weighted by Gasteiger charge is -2.20. The van der Waals surface area contributed by atoms with E-state index >= 15 is 0 Å². The van der Waals surface area contributed by atoms with E-state index in [1.165, 1.54) is 0 Å². The van der Waals surface area contributed by atoms with Crippen molar-refractivity contribution in [3.8, 4) is 5.75 Å². The molecule has 2 rings (SSSR count). The number of nitrogens with zero attached hydrogens (tertiary/aromatic N) is 1. The Labute approximate surface area is 175 Å². The summed E-state index contributed by atoms with van der Waals surface area (Å²) >= 11 is 0. The highest BCUT2D eigenvalue weighted by atomic mass is 32.2. The van der Waals surface area contributed by atoms with Gasteiger partial charge in [0.15, 0.2) is 0 Å². The molecule has 0 bridgehead atoms. The van der Waals surface area contributed by atoms with Gasteiger partial charge in [0.05, 0.1) is 6.16 Å². The monoisotopic (exact) mass is 462 g/mol. The molecule has 0 spiro atoms. The molecule has 0 saturated carbocycles. The maximum absolute atomic E-state index is 12.0. The number of aromatic hydroxyl groups is 1. The Morgan fingerprint density at radius 1 is 1.33 bits per heavy atom. The lowest BCUT2D eigenvalue weighted by Crippen LogP contribution is -2.39. The molecule has 0 aliphatic carbocycles. The van der Waals surface area contributed by atoms with Crippen LogP contribution in [0.25, 0.3) is 0 Å². The summed E-state index contributed by atoms with van der Waals surface area (Å²) in [5.74, 6) is -0.711. The van der Waals surface area contributed by atoms with E-state index in [4.69, 9.17) is 19.7 Å². The predicted octanol–water partition coefficient (Wildman–Crippen LogP) is 1.11. The Bertz CT molecular complexity index is 1030. The molecule has 0 aromatic heterocycles. The van der Waals surface area contributed by atoms with Crippen LogP contribution in [0.1, 0.15) is 46.5 Å². The van der Waals surface area contributed by atoms with Crippen molar-refractivity contribution >= 4 is 23.8 Å². The molecule has 0 atom stereocenters. The number of esters is 1. The summed E-state index contributed by atoms with van der Waals surface area (Å²) in [6, 6.07) is 0. The first-order valence-electron chi connectivity index (χ1n) is 9.27. The Morgan fingerprint density at radius 3 is 2.50 bits per heavy atom. The fraction of sp³-hybridized carbons (Fsp3) is 0.500. The van der Waals surface area contributed by atoms with Gasteiger partial charge >= 0.3 is 13.6 Å². The molecular formula is C18H27N2O8PS. The van der Waals surface area contributed by atoms with Crippen molar-refractivity contribution in [2.24, 2.45) is 5.14 Å². The van der Waals surface area contributed by atoms with Gasteiger partial charge < -0.3 is 19.6 Å². The van der Waals surface area contributed by atoms with Crippen LogP contribution in [0.3, 0.4) is 0 Å². The summed E-state index contributed by atoms with van der Waals surface area (Å²) in [6.45, 7) is 4.97. The van der Waals surface area contributed by atoms with E-state index in [-0.39, 0.29) is 30.9 Å². The first-order chi connectivity index (χ1) is 13.8. The molecule has 1 aliphatic rings. The van der Waals surface area contributed by atoms with Gasteiger partial charge in [-0.25, -0.2) is 9.93 Å². The van der Waals surface area contributed by atoms with Gasteiger partial charge in [0, 0.05) is 24.2 Å². The van der Waals surface area contributed by atoms with E-state index in [2.05, 4.69) is 0 Å². The summed E-state index contributed by atoms with van der Waals surface area (Å²) in [5.41, 5.74) is 3.74. The SMILES string of the molecule is CCc1c(C)c2c(c(O)c1CC=C(C)CN(CCP(=O)(O)O)S(N)(=O)=O)C(=O)OC2. The first kappa shape index (κ1) is 24.5. The van der Waals surface area contributed by atoms with E-state index in [0.29, 0.717) is 23.1 Å². The van der Waals surface area contributed by atoms with Crippen molar-refractivity contribution in [1.29, 1.82) is 0 Å². The number of cyclic esters (lactones) is 1. The molecule has 30 heavy (non-hydrogen) atoms. The number of carbonyl (C=O) groups excluding carboxylic acids is 1. The van der Waals surface area contributed by atoms with Crippen molar-refractivity contribution < 1.29 is 37.4 Å². The third-order valence-electron chi connectivity index (χ3n) is 5.08. The number of benzene rings is 1. The lowest BCUT2D eigenvalue weighted by atomic mass is 9.89. The molecule has 0 saturated heterocycles. The Balaban J connectivity index is 2.30. The Kier molecular flexibility index (Phi) is 7.49. The van der Waals surface area contributed by atoms with Crippen LogP contribution in [0.5, 0.6) is 5.75 Å². The van der Waals surface area contributed by atoms with Crippen LogP contribution in [-0.2, 0) is 39.0 Å². The standard InChI is InChI=1S/C18H27N2O8PS/c1-4-13-12(3)15-10-28-18(22)16(15)17(21)14(13)6-5-11(2)9-20(30(19,26)27)7-8-29(23,24)25/h5,21H,4,6-10H2,1-3H3,(H2,19,26,27)(H2,23,24,25). The second kappa shape index (κ2) is 9.17.